The van der Waals surface area contributed by atoms with Crippen LogP contribution in [-0.4, -0.2) is 29.1 Å². The Morgan fingerprint density at radius 1 is 1.31 bits per heavy atom. The Balaban J connectivity index is 2.00. The van der Waals surface area contributed by atoms with Gasteiger partial charge in [0.1, 0.15) is 0 Å². The molecule has 1 saturated heterocycles. The Hall–Kier alpha value is -1.35. The lowest BCUT2D eigenvalue weighted by molar-refractivity contribution is -0.135. The lowest BCUT2D eigenvalue weighted by Crippen LogP contribution is -2.40. The summed E-state index contributed by atoms with van der Waals surface area (Å²) >= 11 is 0. The van der Waals surface area contributed by atoms with E-state index in [2.05, 4.69) is 0 Å². The van der Waals surface area contributed by atoms with Gasteiger partial charge in [-0.25, -0.2) is 0 Å². The Morgan fingerprint density at radius 2 is 2.06 bits per heavy atom. The minimum atomic E-state index is 0.179. The number of carbonyl (C=O) groups is 1. The Bertz CT molecular complexity index is 350. The number of benzene rings is 1. The van der Waals surface area contributed by atoms with Crippen LogP contribution in [0.5, 0.6) is 0 Å². The normalized spacial score (nSPS) is 21.2. The Morgan fingerprint density at radius 3 is 2.75 bits per heavy atom. The van der Waals surface area contributed by atoms with Gasteiger partial charge in [-0.1, -0.05) is 30.3 Å². The summed E-state index contributed by atoms with van der Waals surface area (Å²) < 4.78 is 0. The number of amides is 1. The third-order valence-electron chi connectivity index (χ3n) is 3.07. The molecule has 3 heteroatoms. The molecule has 1 aromatic rings. The highest BCUT2D eigenvalue weighted by atomic mass is 16.3. The molecular weight excluding hydrogens is 202 g/mol. The molecule has 1 atom stereocenters. The van der Waals surface area contributed by atoms with E-state index < -0.39 is 0 Å². The molecule has 1 aliphatic rings. The number of carbonyl (C=O) groups excluding carboxylic acids is 1. The quantitative estimate of drug-likeness (QED) is 0.835. The molecule has 0 aliphatic carbocycles. The van der Waals surface area contributed by atoms with E-state index in [0.717, 1.165) is 12.0 Å². The highest BCUT2D eigenvalue weighted by Gasteiger charge is 2.24. The van der Waals surface area contributed by atoms with Gasteiger partial charge in [0.05, 0.1) is 0 Å². The fourth-order valence-electron chi connectivity index (χ4n) is 2.10. The van der Waals surface area contributed by atoms with Crippen LogP contribution in [0.1, 0.15) is 18.4 Å². The molecule has 2 rings (SSSR count). The van der Waals surface area contributed by atoms with Crippen molar-refractivity contribution in [3.63, 3.8) is 0 Å². The van der Waals surface area contributed by atoms with Gasteiger partial charge in [-0.3, -0.25) is 4.79 Å². The number of hydrogen-bond donors (Lipinski definition) is 1. The van der Waals surface area contributed by atoms with Crippen molar-refractivity contribution in [1.82, 2.24) is 4.90 Å². The smallest absolute Gasteiger partial charge is 0.222 e. The summed E-state index contributed by atoms with van der Waals surface area (Å²) in [6.07, 6.45) is 1.39. The molecule has 0 aromatic heterocycles. The van der Waals surface area contributed by atoms with E-state index in [9.17, 15) is 4.79 Å². The van der Waals surface area contributed by atoms with Crippen LogP contribution < -0.4 is 0 Å². The van der Waals surface area contributed by atoms with E-state index >= 15 is 0 Å². The van der Waals surface area contributed by atoms with Gasteiger partial charge in [-0.05, 0) is 12.0 Å². The predicted octanol–water partition coefficient (Wildman–Crippen LogP) is 1.42. The Labute approximate surface area is 95.7 Å². The van der Waals surface area contributed by atoms with E-state index in [1.165, 1.54) is 0 Å². The van der Waals surface area contributed by atoms with Crippen molar-refractivity contribution in [2.75, 3.05) is 13.2 Å². The van der Waals surface area contributed by atoms with Crippen molar-refractivity contribution in [2.24, 2.45) is 5.92 Å². The van der Waals surface area contributed by atoms with Crippen molar-refractivity contribution in [3.05, 3.63) is 35.9 Å². The monoisotopic (exact) mass is 219 g/mol. The SMILES string of the molecule is O=C1CC[C@H](CO)CN1Cc1ccccc1. The second-order valence-electron chi connectivity index (χ2n) is 4.35. The van der Waals surface area contributed by atoms with Gasteiger partial charge in [-0.15, -0.1) is 0 Å². The largest absolute Gasteiger partial charge is 0.396 e. The second-order valence-corrected chi connectivity index (χ2v) is 4.35. The van der Waals surface area contributed by atoms with E-state index in [1.54, 1.807) is 0 Å². The van der Waals surface area contributed by atoms with Gasteiger partial charge in [0.25, 0.3) is 0 Å². The number of piperidine rings is 1. The van der Waals surface area contributed by atoms with Crippen LogP contribution in [0.2, 0.25) is 0 Å². The molecule has 1 aliphatic heterocycles. The molecule has 1 aromatic carbocycles. The first kappa shape index (κ1) is 11.1. The first-order valence-electron chi connectivity index (χ1n) is 5.72. The van der Waals surface area contributed by atoms with E-state index in [-0.39, 0.29) is 18.4 Å². The maximum absolute atomic E-state index is 11.7. The number of rotatable bonds is 3. The zero-order valence-corrected chi connectivity index (χ0v) is 9.30. The van der Waals surface area contributed by atoms with E-state index in [1.807, 2.05) is 35.2 Å². The van der Waals surface area contributed by atoms with Crippen molar-refractivity contribution < 1.29 is 9.90 Å². The molecule has 0 radical (unpaired) electrons. The summed E-state index contributed by atoms with van der Waals surface area (Å²) in [5.74, 6) is 0.454. The van der Waals surface area contributed by atoms with Crippen molar-refractivity contribution in [1.29, 1.82) is 0 Å². The number of aliphatic hydroxyl groups is 1. The lowest BCUT2D eigenvalue weighted by atomic mass is 9.98. The molecule has 0 saturated carbocycles. The summed E-state index contributed by atoms with van der Waals surface area (Å²) in [5, 5.41) is 9.12. The van der Waals surface area contributed by atoms with Gasteiger partial charge >= 0.3 is 0 Å². The van der Waals surface area contributed by atoms with Crippen LogP contribution in [-0.2, 0) is 11.3 Å². The first-order valence-corrected chi connectivity index (χ1v) is 5.72. The number of aliphatic hydroxyl groups excluding tert-OH is 1. The number of likely N-dealkylation sites (tertiary alicyclic amines) is 1. The zero-order chi connectivity index (χ0) is 11.4. The lowest BCUT2D eigenvalue weighted by Gasteiger charge is -2.31. The topological polar surface area (TPSA) is 40.5 Å². The summed E-state index contributed by atoms with van der Waals surface area (Å²) in [5.41, 5.74) is 1.15. The zero-order valence-electron chi connectivity index (χ0n) is 9.30. The van der Waals surface area contributed by atoms with Crippen LogP contribution in [0, 0.1) is 5.92 Å². The summed E-state index contributed by atoms with van der Waals surface area (Å²) in [6.45, 7) is 1.53. The van der Waals surface area contributed by atoms with Gasteiger partial charge in [-0.2, -0.15) is 0 Å². The maximum atomic E-state index is 11.7. The molecule has 1 N–H and O–H groups in total. The van der Waals surface area contributed by atoms with Gasteiger partial charge in [0, 0.05) is 32.0 Å². The fraction of sp³-hybridized carbons (Fsp3) is 0.462. The highest BCUT2D eigenvalue weighted by Crippen LogP contribution is 2.19. The van der Waals surface area contributed by atoms with Gasteiger partial charge in [0.2, 0.25) is 5.91 Å². The fourth-order valence-corrected chi connectivity index (χ4v) is 2.10. The summed E-state index contributed by atoms with van der Waals surface area (Å²) in [4.78, 5) is 13.6. The number of nitrogens with zero attached hydrogens (tertiary/aromatic N) is 1. The van der Waals surface area contributed by atoms with E-state index in [0.29, 0.717) is 19.5 Å². The van der Waals surface area contributed by atoms with Crippen LogP contribution in [0.3, 0.4) is 0 Å². The molecule has 16 heavy (non-hydrogen) atoms. The molecule has 1 amide bonds. The molecule has 0 spiro atoms. The van der Waals surface area contributed by atoms with Crippen molar-refractivity contribution >= 4 is 5.91 Å². The third-order valence-corrected chi connectivity index (χ3v) is 3.07. The Kier molecular flexibility index (Phi) is 3.57. The van der Waals surface area contributed by atoms with Gasteiger partial charge < -0.3 is 10.0 Å². The summed E-state index contributed by atoms with van der Waals surface area (Å²) in [6, 6.07) is 9.98. The molecule has 3 nitrogen and oxygen atoms in total. The summed E-state index contributed by atoms with van der Waals surface area (Å²) in [7, 11) is 0. The van der Waals surface area contributed by atoms with Crippen LogP contribution >= 0.6 is 0 Å². The predicted molar refractivity (Wildman–Crippen MR) is 61.7 cm³/mol. The van der Waals surface area contributed by atoms with Crippen LogP contribution in [0.15, 0.2) is 30.3 Å². The van der Waals surface area contributed by atoms with E-state index in [4.69, 9.17) is 5.11 Å². The average Bonchev–Trinajstić information content (AvgIpc) is 2.33. The van der Waals surface area contributed by atoms with Crippen LogP contribution in [0.4, 0.5) is 0 Å². The minimum absolute atomic E-state index is 0.179. The third kappa shape index (κ3) is 2.61. The molecule has 1 fully saturated rings. The highest BCUT2D eigenvalue weighted by molar-refractivity contribution is 5.76. The molecule has 1 heterocycles. The molecule has 86 valence electrons. The first-order chi connectivity index (χ1) is 7.79. The second kappa shape index (κ2) is 5.12. The molecule has 0 bridgehead atoms. The van der Waals surface area contributed by atoms with Crippen LogP contribution in [0.25, 0.3) is 0 Å². The molecular formula is C13H17NO2. The van der Waals surface area contributed by atoms with Crippen molar-refractivity contribution in [3.8, 4) is 0 Å². The molecule has 0 unspecified atom stereocenters. The average molecular weight is 219 g/mol. The maximum Gasteiger partial charge on any atom is 0.222 e. The minimum Gasteiger partial charge on any atom is -0.396 e. The van der Waals surface area contributed by atoms with Gasteiger partial charge in [0.15, 0.2) is 0 Å². The van der Waals surface area contributed by atoms with Crippen molar-refractivity contribution in [2.45, 2.75) is 19.4 Å². The standard InChI is InChI=1S/C13H17NO2/c15-10-12-6-7-13(16)14(9-12)8-11-4-2-1-3-5-11/h1-5,12,15H,6-10H2/t12-/m0/s1. The number of hydrogen-bond acceptors (Lipinski definition) is 2.